The molecule has 0 saturated carbocycles. The lowest BCUT2D eigenvalue weighted by Crippen LogP contribution is -2.17. The predicted molar refractivity (Wildman–Crippen MR) is 73.0 cm³/mol. The summed E-state index contributed by atoms with van der Waals surface area (Å²) < 4.78 is 43.9. The Balaban J connectivity index is 2.03. The van der Waals surface area contributed by atoms with Crippen LogP contribution in [0.5, 0.6) is 5.75 Å². The van der Waals surface area contributed by atoms with E-state index in [9.17, 15) is 13.2 Å². The van der Waals surface area contributed by atoms with E-state index in [-0.39, 0.29) is 11.8 Å². The first kappa shape index (κ1) is 15.7. The van der Waals surface area contributed by atoms with E-state index in [1.165, 1.54) is 23.7 Å². The molecular weight excluding hydrogens is 303 g/mol. The van der Waals surface area contributed by atoms with Crippen LogP contribution in [0.1, 0.15) is 29.1 Å². The van der Waals surface area contributed by atoms with Crippen LogP contribution in [0.3, 0.4) is 0 Å². The first-order chi connectivity index (χ1) is 9.89. The Hall–Kier alpha value is -1.67. The molecule has 0 saturated heterocycles. The van der Waals surface area contributed by atoms with Gasteiger partial charge in [0.2, 0.25) is 0 Å². The zero-order chi connectivity index (χ0) is 15.5. The van der Waals surface area contributed by atoms with Crippen molar-refractivity contribution >= 4 is 11.5 Å². The Labute approximate surface area is 123 Å². The van der Waals surface area contributed by atoms with E-state index in [2.05, 4.69) is 14.3 Å². The van der Waals surface area contributed by atoms with Crippen molar-refractivity contribution in [3.63, 3.8) is 0 Å². The number of hydrogen-bond donors (Lipinski definition) is 1. The van der Waals surface area contributed by atoms with Gasteiger partial charge in [0.15, 0.2) is 0 Å². The lowest BCUT2D eigenvalue weighted by atomic mass is 10.0. The topological polar surface area (TPSA) is 61.0 Å². The minimum atomic E-state index is -4.68. The SMILES string of the molecule is CCc1nnsc1C(N)Cc1ccc(OC(F)(F)F)cc1. The highest BCUT2D eigenvalue weighted by Gasteiger charge is 2.31. The molecule has 2 N–H and O–H groups in total. The molecular formula is C13H14F3N3OS. The second kappa shape index (κ2) is 6.40. The summed E-state index contributed by atoms with van der Waals surface area (Å²) >= 11 is 1.25. The number of halogens is 3. The van der Waals surface area contributed by atoms with Gasteiger partial charge in [0.25, 0.3) is 0 Å². The summed E-state index contributed by atoms with van der Waals surface area (Å²) in [5.74, 6) is -0.242. The molecule has 1 atom stereocenters. The minimum absolute atomic E-state index is 0.242. The number of aromatic nitrogens is 2. The molecule has 0 aliphatic rings. The molecule has 0 fully saturated rings. The average molecular weight is 317 g/mol. The lowest BCUT2D eigenvalue weighted by molar-refractivity contribution is -0.274. The van der Waals surface area contributed by atoms with Gasteiger partial charge in [0.05, 0.1) is 10.6 Å². The van der Waals surface area contributed by atoms with Gasteiger partial charge in [-0.3, -0.25) is 0 Å². The number of ether oxygens (including phenoxy) is 1. The fourth-order valence-electron chi connectivity index (χ4n) is 1.92. The van der Waals surface area contributed by atoms with Crippen LogP contribution >= 0.6 is 11.5 Å². The van der Waals surface area contributed by atoms with Gasteiger partial charge in [0, 0.05) is 6.04 Å². The van der Waals surface area contributed by atoms with Crippen molar-refractivity contribution in [2.24, 2.45) is 5.73 Å². The Morgan fingerprint density at radius 2 is 1.95 bits per heavy atom. The molecule has 4 nitrogen and oxygen atoms in total. The number of benzene rings is 1. The van der Waals surface area contributed by atoms with Crippen molar-refractivity contribution < 1.29 is 17.9 Å². The quantitative estimate of drug-likeness (QED) is 0.919. The number of hydrogen-bond acceptors (Lipinski definition) is 5. The normalized spacial score (nSPS) is 13.2. The second-order valence-electron chi connectivity index (χ2n) is 4.44. The summed E-state index contributed by atoms with van der Waals surface area (Å²) in [6.07, 6.45) is -3.43. The van der Waals surface area contributed by atoms with Gasteiger partial charge in [-0.2, -0.15) is 0 Å². The molecule has 1 heterocycles. The average Bonchev–Trinajstić information content (AvgIpc) is 2.87. The monoisotopic (exact) mass is 317 g/mol. The molecule has 1 unspecified atom stereocenters. The van der Waals surface area contributed by atoms with Crippen LogP contribution in [0, 0.1) is 0 Å². The van der Waals surface area contributed by atoms with Crippen LogP contribution in [-0.4, -0.2) is 15.9 Å². The van der Waals surface area contributed by atoms with Crippen LogP contribution < -0.4 is 10.5 Å². The standard InChI is InChI=1S/C13H14F3N3OS/c1-2-11-12(21-19-18-11)10(17)7-8-3-5-9(6-4-8)20-13(14,15)16/h3-6,10H,2,7,17H2,1H3. The van der Waals surface area contributed by atoms with E-state index < -0.39 is 6.36 Å². The Morgan fingerprint density at radius 3 is 2.52 bits per heavy atom. The van der Waals surface area contributed by atoms with Gasteiger partial charge in [-0.25, -0.2) is 0 Å². The molecule has 0 bridgehead atoms. The fraction of sp³-hybridized carbons (Fsp3) is 0.385. The van der Waals surface area contributed by atoms with E-state index in [1.807, 2.05) is 6.92 Å². The molecule has 0 amide bonds. The first-order valence-electron chi connectivity index (χ1n) is 6.30. The number of nitrogens with zero attached hydrogens (tertiary/aromatic N) is 2. The molecule has 1 aromatic heterocycles. The summed E-state index contributed by atoms with van der Waals surface area (Å²) in [6.45, 7) is 1.97. The van der Waals surface area contributed by atoms with Crippen molar-refractivity contribution in [3.8, 4) is 5.75 Å². The van der Waals surface area contributed by atoms with Crippen molar-refractivity contribution in [1.29, 1.82) is 0 Å². The Morgan fingerprint density at radius 1 is 1.29 bits per heavy atom. The molecule has 21 heavy (non-hydrogen) atoms. The van der Waals surface area contributed by atoms with E-state index >= 15 is 0 Å². The number of alkyl halides is 3. The molecule has 0 aliphatic carbocycles. The van der Waals surface area contributed by atoms with Crippen LogP contribution in [-0.2, 0) is 12.8 Å². The maximum absolute atomic E-state index is 12.1. The third kappa shape index (κ3) is 4.40. The summed E-state index contributed by atoms with van der Waals surface area (Å²) in [7, 11) is 0. The lowest BCUT2D eigenvalue weighted by Gasteiger charge is -2.12. The van der Waals surface area contributed by atoms with Crippen LogP contribution in [0.4, 0.5) is 13.2 Å². The largest absolute Gasteiger partial charge is 0.573 e. The zero-order valence-electron chi connectivity index (χ0n) is 11.2. The van der Waals surface area contributed by atoms with Gasteiger partial charge < -0.3 is 10.5 Å². The zero-order valence-corrected chi connectivity index (χ0v) is 12.0. The van der Waals surface area contributed by atoms with E-state index in [1.54, 1.807) is 12.1 Å². The van der Waals surface area contributed by atoms with Crippen molar-refractivity contribution in [2.75, 3.05) is 0 Å². The van der Waals surface area contributed by atoms with Gasteiger partial charge in [-0.05, 0) is 42.1 Å². The summed E-state index contributed by atoms with van der Waals surface area (Å²) in [6, 6.07) is 5.43. The van der Waals surface area contributed by atoms with Crippen molar-refractivity contribution in [2.45, 2.75) is 32.2 Å². The third-order valence-electron chi connectivity index (χ3n) is 2.87. The van der Waals surface area contributed by atoms with Crippen LogP contribution in [0.25, 0.3) is 0 Å². The number of nitrogens with two attached hydrogens (primary N) is 1. The smallest absolute Gasteiger partial charge is 0.406 e. The second-order valence-corrected chi connectivity index (χ2v) is 5.23. The Kier molecular flexibility index (Phi) is 4.79. The summed E-state index contributed by atoms with van der Waals surface area (Å²) in [4.78, 5) is 0.910. The van der Waals surface area contributed by atoms with Crippen molar-refractivity contribution in [3.05, 3.63) is 40.4 Å². The molecule has 2 rings (SSSR count). The van der Waals surface area contributed by atoms with Gasteiger partial charge in [0.1, 0.15) is 5.75 Å². The number of rotatable bonds is 5. The Bertz CT molecular complexity index is 583. The summed E-state index contributed by atoms with van der Waals surface area (Å²) in [5.41, 5.74) is 7.80. The van der Waals surface area contributed by atoms with Gasteiger partial charge in [-0.1, -0.05) is 23.5 Å². The molecule has 114 valence electrons. The minimum Gasteiger partial charge on any atom is -0.406 e. The van der Waals surface area contributed by atoms with E-state index in [0.717, 1.165) is 22.6 Å². The highest BCUT2D eigenvalue weighted by Crippen LogP contribution is 2.25. The summed E-state index contributed by atoms with van der Waals surface area (Å²) in [5, 5.41) is 4.00. The maximum atomic E-state index is 12.1. The molecule has 2 aromatic rings. The molecule has 0 aliphatic heterocycles. The van der Waals surface area contributed by atoms with Crippen molar-refractivity contribution in [1.82, 2.24) is 9.59 Å². The highest BCUT2D eigenvalue weighted by molar-refractivity contribution is 7.05. The van der Waals surface area contributed by atoms with E-state index in [0.29, 0.717) is 6.42 Å². The fourth-order valence-corrected chi connectivity index (χ4v) is 2.65. The number of aryl methyl sites for hydroxylation is 1. The van der Waals surface area contributed by atoms with Gasteiger partial charge in [-0.15, -0.1) is 18.3 Å². The van der Waals surface area contributed by atoms with Crippen LogP contribution in [0.2, 0.25) is 0 Å². The maximum Gasteiger partial charge on any atom is 0.573 e. The molecule has 0 radical (unpaired) electrons. The highest BCUT2D eigenvalue weighted by atomic mass is 32.1. The molecule has 8 heteroatoms. The van der Waals surface area contributed by atoms with Crippen LogP contribution in [0.15, 0.2) is 24.3 Å². The van der Waals surface area contributed by atoms with Gasteiger partial charge >= 0.3 is 6.36 Å². The first-order valence-corrected chi connectivity index (χ1v) is 7.07. The molecule has 0 spiro atoms. The third-order valence-corrected chi connectivity index (χ3v) is 3.77. The molecule has 1 aromatic carbocycles. The predicted octanol–water partition coefficient (Wildman–Crippen LogP) is 3.24. The van der Waals surface area contributed by atoms with E-state index in [4.69, 9.17) is 5.73 Å².